The van der Waals surface area contributed by atoms with E-state index in [1.54, 1.807) is 27.7 Å². The molecular weight excluding hydrogens is 341 g/mol. The van der Waals surface area contributed by atoms with Crippen LogP contribution >= 0.6 is 0 Å². The van der Waals surface area contributed by atoms with E-state index >= 15 is 0 Å². The third-order valence-electron chi connectivity index (χ3n) is 0. The van der Waals surface area contributed by atoms with Crippen molar-refractivity contribution in [1.82, 2.24) is 0 Å². The number of hydrogen-bond acceptors (Lipinski definition) is 4. The van der Waals surface area contributed by atoms with Gasteiger partial charge in [-0.1, -0.05) is 27.7 Å². The molecule has 0 unspecified atom stereocenters. The zero-order valence-corrected chi connectivity index (χ0v) is 12.1. The van der Waals surface area contributed by atoms with Crippen LogP contribution in [0.4, 0.5) is 0 Å². The van der Waals surface area contributed by atoms with Crippen LogP contribution in [-0.2, 0) is 22.4 Å². The molecule has 0 spiro atoms. The van der Waals surface area contributed by atoms with Gasteiger partial charge in [0.25, 0.3) is 0 Å². The average molecular weight is 361 g/mol. The first-order valence-electron chi connectivity index (χ1n) is 3.98. The van der Waals surface area contributed by atoms with Gasteiger partial charge < -0.3 is 20.4 Å². The first kappa shape index (κ1) is 29.2. The summed E-state index contributed by atoms with van der Waals surface area (Å²) in [6.07, 6.45) is 0. The molecule has 0 radical (unpaired) electrons. The second kappa shape index (κ2) is 80.4. The third-order valence-corrected chi connectivity index (χ3v) is 0. The van der Waals surface area contributed by atoms with Crippen LogP contribution in [0.25, 0.3) is 0 Å². The van der Waals surface area contributed by atoms with Gasteiger partial charge in [0.1, 0.15) is 0 Å². The van der Waals surface area contributed by atoms with E-state index in [0.717, 1.165) is 0 Å². The molecule has 0 aliphatic heterocycles. The van der Waals surface area contributed by atoms with Gasteiger partial charge in [-0.05, 0) is 0 Å². The van der Waals surface area contributed by atoms with Crippen LogP contribution in [0.5, 0.6) is 0 Å². The van der Waals surface area contributed by atoms with Crippen LogP contribution in [-0.4, -0.2) is 26.4 Å². The van der Waals surface area contributed by atoms with Crippen molar-refractivity contribution in [2.75, 3.05) is 26.4 Å². The fourth-order valence-electron chi connectivity index (χ4n) is 0. The van der Waals surface area contributed by atoms with Crippen molar-refractivity contribution in [1.29, 1.82) is 0 Å². The maximum Gasteiger partial charge on any atom is 5.00 e. The first-order chi connectivity index (χ1) is 5.66. The Morgan fingerprint density at radius 2 is 0.538 bits per heavy atom. The quantitative estimate of drug-likeness (QED) is 0.476. The Morgan fingerprint density at radius 1 is 0.538 bits per heavy atom. The van der Waals surface area contributed by atoms with Gasteiger partial charge in [0.05, 0.1) is 0 Å². The number of rotatable bonds is 0. The minimum absolute atomic E-state index is 0. The van der Waals surface area contributed by atoms with E-state index in [1.165, 1.54) is 0 Å². The molecule has 0 heterocycles. The Labute approximate surface area is 97.1 Å². The summed E-state index contributed by atoms with van der Waals surface area (Å²) in [6.45, 7) is 6.28. The van der Waals surface area contributed by atoms with Crippen molar-refractivity contribution < 1.29 is 42.8 Å². The van der Waals surface area contributed by atoms with E-state index in [4.69, 9.17) is 20.4 Å². The molecule has 0 aliphatic rings. The fraction of sp³-hybridized carbons (Fsp3) is 1.00. The van der Waals surface area contributed by atoms with E-state index in [9.17, 15) is 0 Å². The van der Waals surface area contributed by atoms with Gasteiger partial charge in [-0.25, -0.2) is 0 Å². The van der Waals surface area contributed by atoms with Crippen molar-refractivity contribution in [2.24, 2.45) is 0 Å². The van der Waals surface area contributed by atoms with Crippen LogP contribution in [0.3, 0.4) is 0 Å². The summed E-state index contributed by atoms with van der Waals surface area (Å²) in [4.78, 5) is 0. The molecule has 5 heteroatoms. The topological polar surface area (TPSA) is 92.2 Å². The van der Waals surface area contributed by atoms with Crippen molar-refractivity contribution in [3.63, 3.8) is 0 Å². The van der Waals surface area contributed by atoms with Gasteiger partial charge >= 0.3 is 22.4 Å². The normalized spacial score (nSPS) is 5.54. The molecule has 0 amide bonds. The number of hydrogen-bond donors (Lipinski definition) is 0. The minimum Gasteiger partial charge on any atom is -0.855 e. The Morgan fingerprint density at radius 3 is 0.538 bits per heavy atom. The third kappa shape index (κ3) is 4180. The second-order valence-corrected chi connectivity index (χ2v) is 1.15. The summed E-state index contributed by atoms with van der Waals surface area (Å²) < 4.78 is 0. The molecule has 0 N–H and O–H groups in total. The summed E-state index contributed by atoms with van der Waals surface area (Å²) in [5, 5.41) is 35.7. The van der Waals surface area contributed by atoms with Crippen LogP contribution in [0, 0.1) is 0 Å². The Bertz CT molecular complexity index is 24.1. The zero-order chi connectivity index (χ0) is 10.8. The molecule has 0 rings (SSSR count). The van der Waals surface area contributed by atoms with Crippen molar-refractivity contribution >= 4 is 0 Å². The fourth-order valence-corrected chi connectivity index (χ4v) is 0. The maximum atomic E-state index is 8.93. The van der Waals surface area contributed by atoms with Gasteiger partial charge in [-0.15, -0.1) is 26.4 Å². The van der Waals surface area contributed by atoms with E-state index in [0.29, 0.717) is 0 Å². The Kier molecular flexibility index (Phi) is 181. The van der Waals surface area contributed by atoms with E-state index < -0.39 is 0 Å². The van der Waals surface area contributed by atoms with Crippen molar-refractivity contribution in [3.05, 3.63) is 0 Å². The predicted octanol–water partition coefficient (Wildman–Crippen LogP) is -2.54. The largest absolute Gasteiger partial charge is 5.00 e. The minimum atomic E-state index is 0. The standard InChI is InChI=1S/4C2H5O.Ta/c4*1-2-3;/h4*2H2,1H3;/q4*-1;+5. The van der Waals surface area contributed by atoms with Crippen LogP contribution in [0.2, 0.25) is 0 Å². The van der Waals surface area contributed by atoms with Gasteiger partial charge in [0.2, 0.25) is 0 Å². The molecule has 0 saturated carbocycles. The maximum absolute atomic E-state index is 8.93. The monoisotopic (exact) mass is 361 g/mol. The van der Waals surface area contributed by atoms with Crippen LogP contribution < -0.4 is 20.4 Å². The summed E-state index contributed by atoms with van der Waals surface area (Å²) in [5.74, 6) is 0. The van der Waals surface area contributed by atoms with Gasteiger partial charge in [-0.2, -0.15) is 0 Å². The molecule has 0 atom stereocenters. The average Bonchev–Trinajstić information content (AvgIpc) is 1.92. The van der Waals surface area contributed by atoms with Crippen LogP contribution in [0.15, 0.2) is 0 Å². The molecule has 0 aromatic carbocycles. The second-order valence-electron chi connectivity index (χ2n) is 1.15. The van der Waals surface area contributed by atoms with Gasteiger partial charge in [-0.3, -0.25) is 0 Å². The van der Waals surface area contributed by atoms with E-state index in [-0.39, 0.29) is 48.8 Å². The molecule has 0 aromatic heterocycles. The summed E-state index contributed by atoms with van der Waals surface area (Å²) in [7, 11) is 0. The smallest absolute Gasteiger partial charge is 0.855 e. The van der Waals surface area contributed by atoms with E-state index in [1.807, 2.05) is 0 Å². The van der Waals surface area contributed by atoms with Crippen LogP contribution in [0.1, 0.15) is 27.7 Å². The first-order valence-corrected chi connectivity index (χ1v) is 3.98. The molecule has 0 aromatic rings. The molecular formula is C8H20O4Ta+. The summed E-state index contributed by atoms with van der Waals surface area (Å²) in [6, 6.07) is 0. The Hall–Kier alpha value is 0.580. The SMILES string of the molecule is CC[O-].CC[O-].CC[O-].CC[O-].[Ta+5]. The molecule has 0 fully saturated rings. The molecule has 4 nitrogen and oxygen atoms in total. The van der Waals surface area contributed by atoms with Crippen molar-refractivity contribution in [3.8, 4) is 0 Å². The molecule has 0 aliphatic carbocycles. The van der Waals surface area contributed by atoms with E-state index in [2.05, 4.69) is 0 Å². The summed E-state index contributed by atoms with van der Waals surface area (Å²) >= 11 is 0. The zero-order valence-electron chi connectivity index (χ0n) is 8.91. The van der Waals surface area contributed by atoms with Gasteiger partial charge in [0, 0.05) is 0 Å². The molecule has 13 heavy (non-hydrogen) atoms. The summed E-state index contributed by atoms with van der Waals surface area (Å²) in [5.41, 5.74) is 0. The van der Waals surface area contributed by atoms with Gasteiger partial charge in [0.15, 0.2) is 0 Å². The molecule has 0 saturated heterocycles. The molecule has 0 bridgehead atoms. The Balaban J connectivity index is -0.0000000213. The van der Waals surface area contributed by atoms with Crippen molar-refractivity contribution in [2.45, 2.75) is 27.7 Å². The molecule has 80 valence electrons. The predicted molar refractivity (Wildman–Crippen MR) is 42.2 cm³/mol.